The van der Waals surface area contributed by atoms with Crippen molar-refractivity contribution in [1.82, 2.24) is 20.3 Å². The molecule has 0 spiro atoms. The largest absolute Gasteiger partial charge is 0.310 e. The van der Waals surface area contributed by atoms with Gasteiger partial charge in [-0.15, -0.1) is 5.10 Å². The van der Waals surface area contributed by atoms with Crippen LogP contribution in [-0.4, -0.2) is 21.5 Å². The standard InChI is InChI=1S/C14H17N5/c1-12(16-9-3-2-8-15)13-4-6-14(7-5-13)19-11-10-17-18-19/h4-7,10-12,16H,2-3,9H2,1H3/t12-/m1/s1. The summed E-state index contributed by atoms with van der Waals surface area (Å²) in [4.78, 5) is 0. The van der Waals surface area contributed by atoms with E-state index in [0.717, 1.165) is 18.7 Å². The maximum absolute atomic E-state index is 8.48. The number of aromatic nitrogens is 3. The second kappa shape index (κ2) is 6.66. The predicted molar refractivity (Wildman–Crippen MR) is 72.6 cm³/mol. The highest BCUT2D eigenvalue weighted by Crippen LogP contribution is 2.15. The van der Waals surface area contributed by atoms with Gasteiger partial charge in [-0.05, 0) is 37.6 Å². The summed E-state index contributed by atoms with van der Waals surface area (Å²) in [5, 5.41) is 19.6. The molecule has 2 rings (SSSR count). The van der Waals surface area contributed by atoms with Crippen molar-refractivity contribution in [2.75, 3.05) is 6.54 Å². The Balaban J connectivity index is 1.93. The average Bonchev–Trinajstić information content (AvgIpc) is 2.98. The Morgan fingerprint density at radius 2 is 2.16 bits per heavy atom. The molecule has 0 unspecified atom stereocenters. The molecule has 0 aliphatic heterocycles. The lowest BCUT2D eigenvalue weighted by molar-refractivity contribution is 0.562. The van der Waals surface area contributed by atoms with Gasteiger partial charge in [-0.2, -0.15) is 5.26 Å². The van der Waals surface area contributed by atoms with Gasteiger partial charge < -0.3 is 5.32 Å². The van der Waals surface area contributed by atoms with Crippen LogP contribution in [0.2, 0.25) is 0 Å². The quantitative estimate of drug-likeness (QED) is 0.804. The van der Waals surface area contributed by atoms with Gasteiger partial charge in [0.1, 0.15) is 0 Å². The molecule has 1 aromatic carbocycles. The number of unbranched alkanes of at least 4 members (excludes halogenated alkanes) is 1. The molecular formula is C14H17N5. The number of nitrogens with one attached hydrogen (secondary N) is 1. The molecule has 0 fully saturated rings. The fourth-order valence-corrected chi connectivity index (χ4v) is 1.87. The van der Waals surface area contributed by atoms with Crippen LogP contribution in [0.3, 0.4) is 0 Å². The Labute approximate surface area is 112 Å². The van der Waals surface area contributed by atoms with Crippen molar-refractivity contribution >= 4 is 0 Å². The third-order valence-corrected chi connectivity index (χ3v) is 3.00. The minimum absolute atomic E-state index is 0.281. The Hall–Kier alpha value is -2.19. The summed E-state index contributed by atoms with van der Waals surface area (Å²) in [5.41, 5.74) is 2.22. The molecule has 0 aliphatic carbocycles. The number of hydrogen-bond acceptors (Lipinski definition) is 4. The number of nitriles is 1. The molecule has 5 nitrogen and oxygen atoms in total. The number of hydrogen-bond donors (Lipinski definition) is 1. The first kappa shape index (κ1) is 13.2. The number of rotatable bonds is 6. The second-order valence-electron chi connectivity index (χ2n) is 4.38. The molecule has 0 saturated carbocycles. The van der Waals surface area contributed by atoms with Crippen LogP contribution in [0.25, 0.3) is 5.69 Å². The van der Waals surface area contributed by atoms with E-state index in [2.05, 4.69) is 40.8 Å². The summed E-state index contributed by atoms with van der Waals surface area (Å²) in [6, 6.07) is 10.6. The lowest BCUT2D eigenvalue weighted by Crippen LogP contribution is -2.19. The summed E-state index contributed by atoms with van der Waals surface area (Å²) in [6.45, 7) is 2.98. The molecule has 5 heteroatoms. The zero-order valence-corrected chi connectivity index (χ0v) is 11.0. The van der Waals surface area contributed by atoms with E-state index in [4.69, 9.17) is 5.26 Å². The van der Waals surface area contributed by atoms with Crippen molar-refractivity contribution < 1.29 is 0 Å². The van der Waals surface area contributed by atoms with Crippen LogP contribution >= 0.6 is 0 Å². The van der Waals surface area contributed by atoms with Crippen LogP contribution in [-0.2, 0) is 0 Å². The summed E-state index contributed by atoms with van der Waals surface area (Å²) >= 11 is 0. The highest BCUT2D eigenvalue weighted by atomic mass is 15.4. The van der Waals surface area contributed by atoms with Gasteiger partial charge >= 0.3 is 0 Å². The van der Waals surface area contributed by atoms with Crippen molar-refractivity contribution in [1.29, 1.82) is 5.26 Å². The van der Waals surface area contributed by atoms with E-state index in [1.165, 1.54) is 5.56 Å². The van der Waals surface area contributed by atoms with Crippen LogP contribution in [0.5, 0.6) is 0 Å². The molecule has 0 radical (unpaired) electrons. The molecule has 98 valence electrons. The summed E-state index contributed by atoms with van der Waals surface area (Å²) in [6.07, 6.45) is 4.97. The van der Waals surface area contributed by atoms with Crippen LogP contribution in [0, 0.1) is 11.3 Å². The van der Waals surface area contributed by atoms with Crippen LogP contribution in [0.1, 0.15) is 31.4 Å². The van der Waals surface area contributed by atoms with Crippen molar-refractivity contribution in [2.24, 2.45) is 0 Å². The minimum atomic E-state index is 0.281. The normalized spacial score (nSPS) is 12.0. The number of nitrogens with zero attached hydrogens (tertiary/aromatic N) is 4. The van der Waals surface area contributed by atoms with Gasteiger partial charge in [-0.25, -0.2) is 4.68 Å². The van der Waals surface area contributed by atoms with Gasteiger partial charge in [0.2, 0.25) is 0 Å². The summed E-state index contributed by atoms with van der Waals surface area (Å²) in [5.74, 6) is 0. The third-order valence-electron chi connectivity index (χ3n) is 3.00. The van der Waals surface area contributed by atoms with Gasteiger partial charge in [-0.3, -0.25) is 0 Å². The average molecular weight is 255 g/mol. The number of benzene rings is 1. The van der Waals surface area contributed by atoms with Crippen molar-refractivity contribution in [3.05, 3.63) is 42.2 Å². The van der Waals surface area contributed by atoms with E-state index in [0.29, 0.717) is 6.42 Å². The fraction of sp³-hybridized carbons (Fsp3) is 0.357. The molecule has 1 aromatic heterocycles. The van der Waals surface area contributed by atoms with Crippen LogP contribution < -0.4 is 5.32 Å². The molecule has 0 aliphatic rings. The lowest BCUT2D eigenvalue weighted by atomic mass is 10.1. The van der Waals surface area contributed by atoms with E-state index < -0.39 is 0 Å². The zero-order valence-electron chi connectivity index (χ0n) is 11.0. The maximum Gasteiger partial charge on any atom is 0.0697 e. The monoisotopic (exact) mass is 255 g/mol. The molecule has 19 heavy (non-hydrogen) atoms. The van der Waals surface area contributed by atoms with Gasteiger partial charge in [0.25, 0.3) is 0 Å². The van der Waals surface area contributed by atoms with E-state index in [1.807, 2.05) is 18.3 Å². The highest BCUT2D eigenvalue weighted by Gasteiger charge is 2.04. The minimum Gasteiger partial charge on any atom is -0.310 e. The van der Waals surface area contributed by atoms with Crippen LogP contribution in [0.15, 0.2) is 36.7 Å². The van der Waals surface area contributed by atoms with Crippen molar-refractivity contribution in [3.8, 4) is 11.8 Å². The van der Waals surface area contributed by atoms with E-state index in [-0.39, 0.29) is 6.04 Å². The first-order valence-corrected chi connectivity index (χ1v) is 6.38. The van der Waals surface area contributed by atoms with Gasteiger partial charge in [-0.1, -0.05) is 17.3 Å². The Morgan fingerprint density at radius 3 is 2.79 bits per heavy atom. The topological polar surface area (TPSA) is 66.5 Å². The highest BCUT2D eigenvalue weighted by molar-refractivity contribution is 5.34. The zero-order chi connectivity index (χ0) is 13.5. The second-order valence-corrected chi connectivity index (χ2v) is 4.38. The SMILES string of the molecule is C[C@@H](NCCCC#N)c1ccc(-n2ccnn2)cc1. The first-order chi connectivity index (χ1) is 9.31. The van der Waals surface area contributed by atoms with E-state index in [9.17, 15) is 0 Å². The summed E-state index contributed by atoms with van der Waals surface area (Å²) < 4.78 is 1.73. The predicted octanol–water partition coefficient (Wildman–Crippen LogP) is 2.22. The maximum atomic E-state index is 8.48. The van der Waals surface area contributed by atoms with Gasteiger partial charge in [0, 0.05) is 12.5 Å². The molecule has 1 atom stereocenters. The van der Waals surface area contributed by atoms with E-state index >= 15 is 0 Å². The summed E-state index contributed by atoms with van der Waals surface area (Å²) in [7, 11) is 0. The molecule has 1 N–H and O–H groups in total. The Kier molecular flexibility index (Phi) is 4.65. The van der Waals surface area contributed by atoms with Crippen LogP contribution in [0.4, 0.5) is 0 Å². The third kappa shape index (κ3) is 3.63. The van der Waals surface area contributed by atoms with E-state index in [1.54, 1.807) is 10.9 Å². The Morgan fingerprint density at radius 1 is 1.37 bits per heavy atom. The molecule has 0 amide bonds. The molecule has 2 aromatic rings. The Bertz CT molecular complexity index is 524. The molecule has 1 heterocycles. The smallest absolute Gasteiger partial charge is 0.0697 e. The van der Waals surface area contributed by atoms with Crippen molar-refractivity contribution in [2.45, 2.75) is 25.8 Å². The van der Waals surface area contributed by atoms with Gasteiger partial charge in [0.05, 0.1) is 24.2 Å². The molecule has 0 bridgehead atoms. The lowest BCUT2D eigenvalue weighted by Gasteiger charge is -2.14. The van der Waals surface area contributed by atoms with Crippen molar-refractivity contribution in [3.63, 3.8) is 0 Å². The fourth-order valence-electron chi connectivity index (χ4n) is 1.87. The molecular weight excluding hydrogens is 238 g/mol. The first-order valence-electron chi connectivity index (χ1n) is 6.38. The molecule has 0 saturated heterocycles. The van der Waals surface area contributed by atoms with Gasteiger partial charge in [0.15, 0.2) is 0 Å².